The quantitative estimate of drug-likeness (QED) is 0.585. The third-order valence-electron chi connectivity index (χ3n) is 2.84. The molecule has 0 bridgehead atoms. The van der Waals surface area contributed by atoms with Gasteiger partial charge >= 0.3 is 0 Å². The van der Waals surface area contributed by atoms with E-state index < -0.39 is 0 Å². The van der Waals surface area contributed by atoms with Gasteiger partial charge in [0.1, 0.15) is 0 Å². The van der Waals surface area contributed by atoms with Crippen molar-refractivity contribution in [1.82, 2.24) is 0 Å². The molecule has 0 aliphatic heterocycles. The predicted octanol–water partition coefficient (Wildman–Crippen LogP) is 3.38. The Balaban J connectivity index is 1.90. The van der Waals surface area contributed by atoms with Gasteiger partial charge in [-0.15, -0.1) is 0 Å². The molecule has 0 spiro atoms. The van der Waals surface area contributed by atoms with Crippen LogP contribution in [0.1, 0.15) is 13.8 Å². The largest absolute Gasteiger partial charge is 0.346 e. The van der Waals surface area contributed by atoms with Crippen LogP contribution in [0.5, 0.6) is 0 Å². The van der Waals surface area contributed by atoms with Crippen LogP contribution in [0.2, 0.25) is 0 Å². The lowest BCUT2D eigenvalue weighted by Crippen LogP contribution is -2.05. The van der Waals surface area contributed by atoms with Crippen LogP contribution in [0.15, 0.2) is 53.5 Å². The lowest BCUT2D eigenvalue weighted by atomic mass is 10.3. The molecule has 2 aromatic carbocycles. The fraction of sp³-hybridized carbons (Fsp3) is 0.118. The third-order valence-corrected chi connectivity index (χ3v) is 2.84. The zero-order valence-corrected chi connectivity index (χ0v) is 13.0. The van der Waals surface area contributed by atoms with Gasteiger partial charge in [0.25, 0.3) is 0 Å². The second kappa shape index (κ2) is 7.74. The summed E-state index contributed by atoms with van der Waals surface area (Å²) in [5.41, 5.74) is 3.10. The molecule has 118 valence electrons. The van der Waals surface area contributed by atoms with Crippen LogP contribution in [-0.2, 0) is 9.59 Å². The van der Waals surface area contributed by atoms with Crippen molar-refractivity contribution < 1.29 is 9.59 Å². The zero-order chi connectivity index (χ0) is 16.7. The Morgan fingerprint density at radius 1 is 0.783 bits per heavy atom. The summed E-state index contributed by atoms with van der Waals surface area (Å²) in [6.45, 7) is 2.93. The Labute approximate surface area is 134 Å². The molecule has 23 heavy (non-hydrogen) atoms. The number of carbonyl (C=O) groups excluding carboxylic acids is 2. The van der Waals surface area contributed by atoms with E-state index in [-0.39, 0.29) is 11.8 Å². The van der Waals surface area contributed by atoms with Gasteiger partial charge in [-0.05, 0) is 48.5 Å². The molecule has 0 aromatic heterocycles. The molecule has 0 aliphatic carbocycles. The summed E-state index contributed by atoms with van der Waals surface area (Å²) in [5.74, 6) is -0.208. The maximum Gasteiger partial charge on any atom is 0.221 e. The first-order valence-electron chi connectivity index (χ1n) is 7.07. The van der Waals surface area contributed by atoms with Gasteiger partial charge < -0.3 is 16.0 Å². The third kappa shape index (κ3) is 5.62. The van der Waals surface area contributed by atoms with Gasteiger partial charge in [-0.25, -0.2) is 4.99 Å². The van der Waals surface area contributed by atoms with Crippen molar-refractivity contribution in [3.8, 4) is 0 Å². The number of aliphatic imine (C=N–C) groups is 1. The van der Waals surface area contributed by atoms with Crippen molar-refractivity contribution in [2.45, 2.75) is 13.8 Å². The van der Waals surface area contributed by atoms with Crippen LogP contribution in [0, 0.1) is 0 Å². The molecule has 2 amide bonds. The van der Waals surface area contributed by atoms with E-state index in [0.29, 0.717) is 0 Å². The molecular formula is C17H18N4O2. The molecule has 0 aliphatic rings. The van der Waals surface area contributed by atoms with Crippen LogP contribution in [0.4, 0.5) is 22.7 Å². The van der Waals surface area contributed by atoms with E-state index in [1.54, 1.807) is 30.6 Å². The van der Waals surface area contributed by atoms with E-state index in [9.17, 15) is 9.59 Å². The van der Waals surface area contributed by atoms with E-state index in [0.717, 1.165) is 22.7 Å². The second-order valence-corrected chi connectivity index (χ2v) is 4.89. The number of carbonyl (C=O) groups is 2. The molecule has 2 rings (SSSR count). The molecule has 0 saturated carbocycles. The molecule has 2 aromatic rings. The van der Waals surface area contributed by atoms with E-state index in [1.165, 1.54) is 13.8 Å². The highest BCUT2D eigenvalue weighted by Crippen LogP contribution is 2.16. The van der Waals surface area contributed by atoms with Crippen LogP contribution in [0.25, 0.3) is 0 Å². The number of nitrogens with one attached hydrogen (secondary N) is 3. The topological polar surface area (TPSA) is 82.6 Å². The van der Waals surface area contributed by atoms with Gasteiger partial charge in [0.05, 0.1) is 12.0 Å². The van der Waals surface area contributed by atoms with Crippen molar-refractivity contribution in [1.29, 1.82) is 0 Å². The highest BCUT2D eigenvalue weighted by Gasteiger charge is 1.96. The number of nitrogens with zero attached hydrogens (tertiary/aromatic N) is 1. The summed E-state index contributed by atoms with van der Waals surface area (Å²) in [4.78, 5) is 26.1. The van der Waals surface area contributed by atoms with Crippen molar-refractivity contribution in [2.24, 2.45) is 4.99 Å². The zero-order valence-electron chi connectivity index (χ0n) is 13.0. The average molecular weight is 310 g/mol. The summed E-state index contributed by atoms with van der Waals surface area (Å²) >= 11 is 0. The van der Waals surface area contributed by atoms with Crippen LogP contribution < -0.4 is 16.0 Å². The fourth-order valence-electron chi connectivity index (χ4n) is 1.87. The minimum absolute atomic E-state index is 0.102. The van der Waals surface area contributed by atoms with Crippen LogP contribution in [-0.4, -0.2) is 18.2 Å². The van der Waals surface area contributed by atoms with E-state index >= 15 is 0 Å². The summed E-state index contributed by atoms with van der Waals surface area (Å²) in [5, 5.41) is 8.45. The lowest BCUT2D eigenvalue weighted by molar-refractivity contribution is -0.115. The van der Waals surface area contributed by atoms with Crippen molar-refractivity contribution in [3.63, 3.8) is 0 Å². The first-order chi connectivity index (χ1) is 11.0. The number of rotatable bonds is 5. The molecule has 6 heteroatoms. The Morgan fingerprint density at radius 2 is 1.22 bits per heavy atom. The molecule has 0 atom stereocenters. The van der Waals surface area contributed by atoms with Gasteiger partial charge in [-0.2, -0.15) is 0 Å². The van der Waals surface area contributed by atoms with E-state index in [2.05, 4.69) is 20.9 Å². The SMILES string of the molecule is CC(=O)Nc1ccc(/N=C/Nc2ccc(NC(C)=O)cc2)cc1. The van der Waals surface area contributed by atoms with Gasteiger partial charge in [-0.1, -0.05) is 0 Å². The Morgan fingerprint density at radius 3 is 1.70 bits per heavy atom. The van der Waals surface area contributed by atoms with Crippen molar-refractivity contribution >= 4 is 40.9 Å². The van der Waals surface area contributed by atoms with Gasteiger partial charge in [0.2, 0.25) is 11.8 Å². The maximum absolute atomic E-state index is 10.9. The average Bonchev–Trinajstić information content (AvgIpc) is 2.50. The molecule has 0 heterocycles. The van der Waals surface area contributed by atoms with E-state index in [4.69, 9.17) is 0 Å². The number of amides is 2. The Bertz CT molecular complexity index is 706. The molecule has 0 saturated heterocycles. The monoisotopic (exact) mass is 310 g/mol. The summed E-state index contributed by atoms with van der Waals surface area (Å²) in [6, 6.07) is 14.5. The molecule has 0 fully saturated rings. The summed E-state index contributed by atoms with van der Waals surface area (Å²) in [6.07, 6.45) is 1.58. The molecule has 0 radical (unpaired) electrons. The first kappa shape index (κ1) is 16.2. The minimum atomic E-state index is -0.106. The highest BCUT2D eigenvalue weighted by atomic mass is 16.2. The maximum atomic E-state index is 10.9. The van der Waals surface area contributed by atoms with Crippen molar-refractivity contribution in [3.05, 3.63) is 48.5 Å². The molecular weight excluding hydrogens is 292 g/mol. The predicted molar refractivity (Wildman–Crippen MR) is 93.3 cm³/mol. The van der Waals surface area contributed by atoms with Gasteiger partial charge in [-0.3, -0.25) is 9.59 Å². The Kier molecular flexibility index (Phi) is 5.46. The number of hydrogen-bond donors (Lipinski definition) is 3. The lowest BCUT2D eigenvalue weighted by Gasteiger charge is -2.04. The smallest absolute Gasteiger partial charge is 0.221 e. The molecule has 6 nitrogen and oxygen atoms in total. The number of hydrogen-bond acceptors (Lipinski definition) is 3. The second-order valence-electron chi connectivity index (χ2n) is 4.89. The Hall–Kier alpha value is -3.15. The summed E-state index contributed by atoms with van der Waals surface area (Å²) < 4.78 is 0. The molecule has 3 N–H and O–H groups in total. The van der Waals surface area contributed by atoms with Crippen molar-refractivity contribution in [2.75, 3.05) is 16.0 Å². The van der Waals surface area contributed by atoms with Gasteiger partial charge in [0.15, 0.2) is 0 Å². The standard InChI is InChI=1S/C17H18N4O2/c1-12(22)20-16-7-3-14(4-8-16)18-11-19-15-5-9-17(10-6-15)21-13(2)23/h3-11H,1-2H3,(H,18,19)(H,20,22)(H,21,23). The molecule has 0 unspecified atom stereocenters. The number of anilines is 3. The first-order valence-corrected chi connectivity index (χ1v) is 7.07. The number of benzene rings is 2. The fourth-order valence-corrected chi connectivity index (χ4v) is 1.87. The normalized spacial score (nSPS) is 10.3. The van der Waals surface area contributed by atoms with Gasteiger partial charge in [0, 0.05) is 30.9 Å². The minimum Gasteiger partial charge on any atom is -0.346 e. The van der Waals surface area contributed by atoms with E-state index in [1.807, 2.05) is 24.3 Å². The summed E-state index contributed by atoms with van der Waals surface area (Å²) in [7, 11) is 0. The van der Waals surface area contributed by atoms with Crippen LogP contribution >= 0.6 is 0 Å². The highest BCUT2D eigenvalue weighted by molar-refractivity contribution is 5.89. The van der Waals surface area contributed by atoms with Crippen LogP contribution in [0.3, 0.4) is 0 Å².